The summed E-state index contributed by atoms with van der Waals surface area (Å²) in [4.78, 5) is 29.1. The van der Waals surface area contributed by atoms with E-state index >= 15 is 0 Å². The predicted octanol–water partition coefficient (Wildman–Crippen LogP) is 6.04. The van der Waals surface area contributed by atoms with Crippen LogP contribution in [0, 0.1) is 0 Å². The molecule has 0 saturated carbocycles. The molecule has 178 valence electrons. The first-order chi connectivity index (χ1) is 15.9. The molecule has 1 atom stereocenters. The van der Waals surface area contributed by atoms with E-state index in [9.17, 15) is 9.59 Å². The molecule has 1 fully saturated rings. The average molecular weight is 520 g/mol. The number of piperazine rings is 1. The lowest BCUT2D eigenvalue weighted by Crippen LogP contribution is -2.50. The van der Waals surface area contributed by atoms with Crippen molar-refractivity contribution >= 4 is 53.2 Å². The third-order valence-electron chi connectivity index (χ3n) is 5.67. The zero-order valence-electron chi connectivity index (χ0n) is 18.6. The summed E-state index contributed by atoms with van der Waals surface area (Å²) in [5.41, 5.74) is 3.48. The van der Waals surface area contributed by atoms with Gasteiger partial charge in [-0.25, -0.2) is 0 Å². The first-order valence-electron chi connectivity index (χ1n) is 10.7. The molecule has 8 heteroatoms. The zero-order valence-corrected chi connectivity index (χ0v) is 20.9. The Morgan fingerprint density at radius 2 is 1.56 bits per heavy atom. The highest BCUT2D eigenvalue weighted by molar-refractivity contribution is 6.33. The molecule has 0 radical (unpaired) electrons. The molecule has 1 heterocycles. The van der Waals surface area contributed by atoms with E-state index < -0.39 is 12.1 Å². The summed E-state index contributed by atoms with van der Waals surface area (Å²) < 4.78 is 5.46. The fourth-order valence-electron chi connectivity index (χ4n) is 3.98. The molecule has 1 saturated heterocycles. The van der Waals surface area contributed by atoms with Crippen LogP contribution in [0.2, 0.25) is 10.0 Å². The Morgan fingerprint density at radius 3 is 2.18 bits per heavy atom. The SMILES string of the molecule is CC(=O)OC(C(=O)N1CCN(c2cccc(Cl)c2)CC1)c1ccc(-c2ccccc2Cl)cc1.Cl. The summed E-state index contributed by atoms with van der Waals surface area (Å²) >= 11 is 12.4. The largest absolute Gasteiger partial charge is 0.447 e. The Hall–Kier alpha value is -2.73. The lowest BCUT2D eigenvalue weighted by atomic mass is 10.0. The third-order valence-corrected chi connectivity index (χ3v) is 6.24. The topological polar surface area (TPSA) is 49.9 Å². The summed E-state index contributed by atoms with van der Waals surface area (Å²) in [5.74, 6) is -0.720. The van der Waals surface area contributed by atoms with Gasteiger partial charge >= 0.3 is 5.97 Å². The van der Waals surface area contributed by atoms with Crippen LogP contribution in [-0.2, 0) is 14.3 Å². The standard InChI is InChI=1S/C26H24Cl2N2O3.ClH/c1-18(31)33-25(20-11-9-19(10-12-20)23-7-2-3-8-24(23)28)26(32)30-15-13-29(14-16-30)22-6-4-5-21(27)17-22;/h2-12,17,25H,13-16H2,1H3;1H. The van der Waals surface area contributed by atoms with Crippen molar-refractivity contribution in [1.29, 1.82) is 0 Å². The molecule has 34 heavy (non-hydrogen) atoms. The minimum absolute atomic E-state index is 0. The number of anilines is 1. The van der Waals surface area contributed by atoms with Gasteiger partial charge in [0, 0.05) is 60.0 Å². The second kappa shape index (κ2) is 11.6. The highest BCUT2D eigenvalue weighted by Gasteiger charge is 2.31. The number of benzene rings is 3. The van der Waals surface area contributed by atoms with Gasteiger partial charge in [0.05, 0.1) is 0 Å². The summed E-state index contributed by atoms with van der Waals surface area (Å²) in [6, 6.07) is 22.6. The van der Waals surface area contributed by atoms with Crippen LogP contribution in [0.5, 0.6) is 0 Å². The predicted molar refractivity (Wildman–Crippen MR) is 139 cm³/mol. The molecule has 3 aromatic carbocycles. The van der Waals surface area contributed by atoms with Crippen molar-refractivity contribution in [2.75, 3.05) is 31.1 Å². The normalized spacial score (nSPS) is 14.2. The van der Waals surface area contributed by atoms with E-state index in [1.165, 1.54) is 6.92 Å². The Balaban J connectivity index is 0.00000324. The number of amides is 1. The van der Waals surface area contributed by atoms with Gasteiger partial charge in [0.1, 0.15) is 0 Å². The number of rotatable bonds is 5. The maximum absolute atomic E-state index is 13.3. The number of carbonyl (C=O) groups excluding carboxylic acids is 2. The van der Waals surface area contributed by atoms with Crippen LogP contribution in [0.25, 0.3) is 11.1 Å². The second-order valence-corrected chi connectivity index (χ2v) is 8.73. The quantitative estimate of drug-likeness (QED) is 0.386. The molecule has 5 nitrogen and oxygen atoms in total. The minimum atomic E-state index is -0.986. The van der Waals surface area contributed by atoms with E-state index in [-0.39, 0.29) is 18.3 Å². The summed E-state index contributed by atoms with van der Waals surface area (Å²) in [7, 11) is 0. The lowest BCUT2D eigenvalue weighted by Gasteiger charge is -2.37. The maximum Gasteiger partial charge on any atom is 0.303 e. The number of nitrogens with zero attached hydrogens (tertiary/aromatic N) is 2. The molecule has 0 bridgehead atoms. The molecule has 0 aromatic heterocycles. The Kier molecular flexibility index (Phi) is 8.84. The number of hydrogen-bond acceptors (Lipinski definition) is 4. The van der Waals surface area contributed by atoms with Crippen molar-refractivity contribution in [2.45, 2.75) is 13.0 Å². The van der Waals surface area contributed by atoms with Gasteiger partial charge in [0.25, 0.3) is 5.91 Å². The number of carbonyl (C=O) groups is 2. The van der Waals surface area contributed by atoms with E-state index in [2.05, 4.69) is 4.90 Å². The number of halogens is 3. The molecule has 1 unspecified atom stereocenters. The zero-order chi connectivity index (χ0) is 23.4. The van der Waals surface area contributed by atoms with E-state index in [1.807, 2.05) is 72.8 Å². The summed E-state index contributed by atoms with van der Waals surface area (Å²) in [6.07, 6.45) is -0.986. The highest BCUT2D eigenvalue weighted by Crippen LogP contribution is 2.30. The van der Waals surface area contributed by atoms with Gasteiger partial charge in [-0.3, -0.25) is 9.59 Å². The highest BCUT2D eigenvalue weighted by atomic mass is 35.5. The number of esters is 1. The molecule has 1 aliphatic heterocycles. The smallest absolute Gasteiger partial charge is 0.303 e. The monoisotopic (exact) mass is 518 g/mol. The molecule has 1 aliphatic rings. The summed E-state index contributed by atoms with van der Waals surface area (Å²) in [5, 5.41) is 1.33. The van der Waals surface area contributed by atoms with Crippen LogP contribution in [0.15, 0.2) is 72.8 Å². The van der Waals surface area contributed by atoms with Crippen molar-refractivity contribution in [3.05, 3.63) is 88.4 Å². The van der Waals surface area contributed by atoms with Crippen LogP contribution in [0.3, 0.4) is 0 Å². The molecule has 0 aliphatic carbocycles. The van der Waals surface area contributed by atoms with Crippen LogP contribution in [-0.4, -0.2) is 43.0 Å². The summed E-state index contributed by atoms with van der Waals surface area (Å²) in [6.45, 7) is 3.71. The van der Waals surface area contributed by atoms with Crippen LogP contribution in [0.1, 0.15) is 18.6 Å². The molecular weight excluding hydrogens is 495 g/mol. The molecule has 4 rings (SSSR count). The van der Waals surface area contributed by atoms with Gasteiger partial charge in [-0.05, 0) is 29.8 Å². The average Bonchev–Trinajstić information content (AvgIpc) is 2.83. The fourth-order valence-corrected chi connectivity index (χ4v) is 4.41. The minimum Gasteiger partial charge on any atom is -0.447 e. The molecule has 3 aromatic rings. The van der Waals surface area contributed by atoms with Crippen LogP contribution < -0.4 is 4.90 Å². The van der Waals surface area contributed by atoms with Crippen molar-refractivity contribution in [3.8, 4) is 11.1 Å². The maximum atomic E-state index is 13.3. The Labute approximate surface area is 215 Å². The van der Waals surface area contributed by atoms with Crippen LogP contribution >= 0.6 is 35.6 Å². The van der Waals surface area contributed by atoms with Gasteiger partial charge in [-0.1, -0.05) is 71.7 Å². The number of ether oxygens (including phenoxy) is 1. The first-order valence-corrected chi connectivity index (χ1v) is 11.5. The van der Waals surface area contributed by atoms with Crippen molar-refractivity contribution < 1.29 is 14.3 Å². The van der Waals surface area contributed by atoms with Crippen molar-refractivity contribution in [2.24, 2.45) is 0 Å². The van der Waals surface area contributed by atoms with Gasteiger partial charge in [-0.2, -0.15) is 0 Å². The van der Waals surface area contributed by atoms with Crippen molar-refractivity contribution in [1.82, 2.24) is 4.90 Å². The van der Waals surface area contributed by atoms with E-state index in [0.29, 0.717) is 41.8 Å². The Bertz CT molecular complexity index is 1150. The molecular formula is C26H25Cl3N2O3. The van der Waals surface area contributed by atoms with Crippen molar-refractivity contribution in [3.63, 3.8) is 0 Å². The molecule has 0 N–H and O–H groups in total. The third kappa shape index (κ3) is 6.03. The van der Waals surface area contributed by atoms with E-state index in [4.69, 9.17) is 27.9 Å². The first kappa shape index (κ1) is 25.9. The van der Waals surface area contributed by atoms with Gasteiger partial charge < -0.3 is 14.5 Å². The van der Waals surface area contributed by atoms with Gasteiger partial charge in [-0.15, -0.1) is 12.4 Å². The molecule has 0 spiro atoms. The second-order valence-electron chi connectivity index (χ2n) is 7.88. The van der Waals surface area contributed by atoms with Crippen LogP contribution in [0.4, 0.5) is 5.69 Å². The number of hydrogen-bond donors (Lipinski definition) is 0. The van der Waals surface area contributed by atoms with E-state index in [0.717, 1.165) is 16.8 Å². The van der Waals surface area contributed by atoms with Gasteiger partial charge in [0.2, 0.25) is 6.10 Å². The lowest BCUT2D eigenvalue weighted by molar-refractivity contribution is -0.159. The fraction of sp³-hybridized carbons (Fsp3) is 0.231. The Morgan fingerprint density at radius 1 is 0.882 bits per heavy atom. The van der Waals surface area contributed by atoms with Gasteiger partial charge in [0.15, 0.2) is 0 Å². The van der Waals surface area contributed by atoms with E-state index in [1.54, 1.807) is 4.90 Å². The molecule has 1 amide bonds.